The van der Waals surface area contributed by atoms with Gasteiger partial charge in [0.1, 0.15) is 0 Å². The third kappa shape index (κ3) is 2.96. The number of benzene rings is 1. The molecular formula is C15H20N2O2. The number of amides is 1. The number of carbonyl (C=O) groups is 1. The summed E-state index contributed by atoms with van der Waals surface area (Å²) in [5, 5.41) is 6.40. The third-order valence-electron chi connectivity index (χ3n) is 3.90. The van der Waals surface area contributed by atoms with Crippen molar-refractivity contribution in [3.63, 3.8) is 0 Å². The molecule has 0 bridgehead atoms. The van der Waals surface area contributed by atoms with E-state index in [9.17, 15) is 4.79 Å². The molecule has 0 aromatic heterocycles. The van der Waals surface area contributed by atoms with E-state index < -0.39 is 0 Å². The zero-order valence-electron chi connectivity index (χ0n) is 11.0. The Bertz CT molecular complexity index is 455. The van der Waals surface area contributed by atoms with Crippen LogP contribution in [0.1, 0.15) is 24.0 Å². The molecule has 0 saturated carbocycles. The minimum absolute atomic E-state index is 0.102. The molecule has 1 saturated heterocycles. The molecule has 2 aliphatic rings. The van der Waals surface area contributed by atoms with Gasteiger partial charge in [-0.2, -0.15) is 0 Å². The lowest BCUT2D eigenvalue weighted by Gasteiger charge is -2.29. The summed E-state index contributed by atoms with van der Waals surface area (Å²) in [7, 11) is 0. The Balaban J connectivity index is 1.59. The molecule has 2 aliphatic heterocycles. The average molecular weight is 260 g/mol. The van der Waals surface area contributed by atoms with Crippen LogP contribution in [0.4, 0.5) is 0 Å². The predicted molar refractivity (Wildman–Crippen MR) is 72.8 cm³/mol. The van der Waals surface area contributed by atoms with Crippen LogP contribution in [0.3, 0.4) is 0 Å². The Morgan fingerprint density at radius 3 is 2.95 bits per heavy atom. The van der Waals surface area contributed by atoms with Crippen molar-refractivity contribution < 1.29 is 9.53 Å². The minimum atomic E-state index is -0.114. The first-order chi connectivity index (χ1) is 9.33. The van der Waals surface area contributed by atoms with E-state index in [-0.39, 0.29) is 18.0 Å². The summed E-state index contributed by atoms with van der Waals surface area (Å²) in [6.07, 6.45) is 2.83. The highest BCUT2D eigenvalue weighted by Crippen LogP contribution is 2.16. The third-order valence-corrected chi connectivity index (χ3v) is 3.90. The molecule has 1 amide bonds. The number of hydrogen-bond donors (Lipinski definition) is 2. The monoisotopic (exact) mass is 260 g/mol. The van der Waals surface area contributed by atoms with Crippen molar-refractivity contribution in [3.8, 4) is 0 Å². The van der Waals surface area contributed by atoms with Crippen molar-refractivity contribution in [2.75, 3.05) is 13.2 Å². The second kappa shape index (κ2) is 5.72. The number of hydrogen-bond acceptors (Lipinski definition) is 3. The lowest BCUT2D eigenvalue weighted by atomic mass is 9.95. The number of ether oxygens (including phenoxy) is 1. The summed E-state index contributed by atoms with van der Waals surface area (Å²) in [5.41, 5.74) is 2.58. The van der Waals surface area contributed by atoms with Crippen molar-refractivity contribution in [2.24, 2.45) is 0 Å². The van der Waals surface area contributed by atoms with Crippen LogP contribution in [0.25, 0.3) is 0 Å². The van der Waals surface area contributed by atoms with Crippen LogP contribution < -0.4 is 10.6 Å². The molecule has 0 aliphatic carbocycles. The Hall–Kier alpha value is -1.39. The normalized spacial score (nSPS) is 26.5. The van der Waals surface area contributed by atoms with Gasteiger partial charge in [-0.15, -0.1) is 0 Å². The molecule has 2 atom stereocenters. The van der Waals surface area contributed by atoms with Crippen LogP contribution in [-0.2, 0) is 22.5 Å². The number of rotatable bonds is 2. The summed E-state index contributed by atoms with van der Waals surface area (Å²) in [6.45, 7) is 2.24. The van der Waals surface area contributed by atoms with Gasteiger partial charge in [-0.1, -0.05) is 24.3 Å². The van der Waals surface area contributed by atoms with Gasteiger partial charge in [-0.3, -0.25) is 4.79 Å². The fourth-order valence-electron chi connectivity index (χ4n) is 2.80. The maximum atomic E-state index is 12.2. The first kappa shape index (κ1) is 12.6. The SMILES string of the molecule is O=C(NC1CCCOC1)[C@@H]1Cc2ccccc2CN1. The Morgan fingerprint density at radius 2 is 2.16 bits per heavy atom. The average Bonchev–Trinajstić information content (AvgIpc) is 2.48. The molecule has 1 aromatic carbocycles. The highest BCUT2D eigenvalue weighted by Gasteiger charge is 2.26. The lowest BCUT2D eigenvalue weighted by molar-refractivity contribution is -0.125. The molecule has 1 aromatic rings. The smallest absolute Gasteiger partial charge is 0.237 e. The van der Waals surface area contributed by atoms with E-state index in [0.29, 0.717) is 6.61 Å². The lowest BCUT2D eigenvalue weighted by Crippen LogP contribution is -2.52. The Morgan fingerprint density at radius 1 is 1.32 bits per heavy atom. The maximum absolute atomic E-state index is 12.2. The topological polar surface area (TPSA) is 50.4 Å². The summed E-state index contributed by atoms with van der Waals surface area (Å²) in [5.74, 6) is 0.102. The van der Waals surface area contributed by atoms with Crippen LogP contribution >= 0.6 is 0 Å². The van der Waals surface area contributed by atoms with Gasteiger partial charge in [0.05, 0.1) is 18.7 Å². The van der Waals surface area contributed by atoms with Crippen LogP contribution in [0.5, 0.6) is 0 Å². The van der Waals surface area contributed by atoms with E-state index in [2.05, 4.69) is 22.8 Å². The van der Waals surface area contributed by atoms with E-state index in [1.54, 1.807) is 0 Å². The summed E-state index contributed by atoms with van der Waals surface area (Å²) >= 11 is 0. The van der Waals surface area contributed by atoms with Gasteiger partial charge in [0, 0.05) is 13.2 Å². The van der Waals surface area contributed by atoms with Crippen LogP contribution in [0.2, 0.25) is 0 Å². The molecule has 1 unspecified atom stereocenters. The highest BCUT2D eigenvalue weighted by molar-refractivity contribution is 5.82. The molecule has 2 heterocycles. The molecule has 19 heavy (non-hydrogen) atoms. The molecule has 1 fully saturated rings. The van der Waals surface area contributed by atoms with Gasteiger partial charge >= 0.3 is 0 Å². The molecule has 0 radical (unpaired) electrons. The molecule has 102 valence electrons. The van der Waals surface area contributed by atoms with Crippen LogP contribution in [0, 0.1) is 0 Å². The first-order valence-electron chi connectivity index (χ1n) is 7.01. The van der Waals surface area contributed by atoms with Crippen molar-refractivity contribution in [2.45, 2.75) is 37.9 Å². The second-order valence-corrected chi connectivity index (χ2v) is 5.33. The fraction of sp³-hybridized carbons (Fsp3) is 0.533. The van der Waals surface area contributed by atoms with Gasteiger partial charge < -0.3 is 15.4 Å². The molecule has 3 rings (SSSR count). The summed E-state index contributed by atoms with van der Waals surface area (Å²) in [6, 6.07) is 8.37. The van der Waals surface area contributed by atoms with Crippen molar-refractivity contribution >= 4 is 5.91 Å². The van der Waals surface area contributed by atoms with Crippen LogP contribution in [-0.4, -0.2) is 31.2 Å². The van der Waals surface area contributed by atoms with E-state index in [0.717, 1.165) is 32.4 Å². The molecule has 4 heteroatoms. The van der Waals surface area contributed by atoms with Gasteiger partial charge in [0.15, 0.2) is 0 Å². The fourth-order valence-corrected chi connectivity index (χ4v) is 2.80. The second-order valence-electron chi connectivity index (χ2n) is 5.33. The maximum Gasteiger partial charge on any atom is 0.237 e. The largest absolute Gasteiger partial charge is 0.379 e. The van der Waals surface area contributed by atoms with E-state index in [1.807, 2.05) is 12.1 Å². The standard InChI is InChI=1S/C15H20N2O2/c18-15(17-13-6-3-7-19-10-13)14-8-11-4-1-2-5-12(11)9-16-14/h1-2,4-5,13-14,16H,3,6-10H2,(H,17,18)/t13?,14-/m0/s1. The zero-order chi connectivity index (χ0) is 13.1. The molecule has 2 N–H and O–H groups in total. The summed E-state index contributed by atoms with van der Waals surface area (Å²) < 4.78 is 5.39. The molecule has 0 spiro atoms. The van der Waals surface area contributed by atoms with Gasteiger partial charge in [-0.25, -0.2) is 0 Å². The Kier molecular flexibility index (Phi) is 3.80. The Labute approximate surface area is 113 Å². The van der Waals surface area contributed by atoms with E-state index in [4.69, 9.17) is 4.74 Å². The van der Waals surface area contributed by atoms with Crippen molar-refractivity contribution in [3.05, 3.63) is 35.4 Å². The van der Waals surface area contributed by atoms with Gasteiger partial charge in [0.2, 0.25) is 5.91 Å². The number of fused-ring (bicyclic) bond motifs is 1. The van der Waals surface area contributed by atoms with E-state index >= 15 is 0 Å². The van der Waals surface area contributed by atoms with Crippen molar-refractivity contribution in [1.82, 2.24) is 10.6 Å². The molecular weight excluding hydrogens is 240 g/mol. The summed E-state index contributed by atoms with van der Waals surface area (Å²) in [4.78, 5) is 12.2. The van der Waals surface area contributed by atoms with E-state index in [1.165, 1.54) is 11.1 Å². The molecule has 4 nitrogen and oxygen atoms in total. The number of carbonyl (C=O) groups excluding carboxylic acids is 1. The van der Waals surface area contributed by atoms with Gasteiger partial charge in [-0.05, 0) is 30.4 Å². The zero-order valence-corrected chi connectivity index (χ0v) is 11.0. The first-order valence-corrected chi connectivity index (χ1v) is 7.01. The number of nitrogens with one attached hydrogen (secondary N) is 2. The minimum Gasteiger partial charge on any atom is -0.379 e. The predicted octanol–water partition coefficient (Wildman–Crippen LogP) is 0.996. The van der Waals surface area contributed by atoms with Crippen molar-refractivity contribution in [1.29, 1.82) is 0 Å². The van der Waals surface area contributed by atoms with Gasteiger partial charge in [0.25, 0.3) is 0 Å². The quantitative estimate of drug-likeness (QED) is 0.834. The van der Waals surface area contributed by atoms with Crippen LogP contribution in [0.15, 0.2) is 24.3 Å². The highest BCUT2D eigenvalue weighted by atomic mass is 16.5.